The van der Waals surface area contributed by atoms with Gasteiger partial charge >= 0.3 is 0 Å². The van der Waals surface area contributed by atoms with Gasteiger partial charge in [0.1, 0.15) is 5.75 Å². The molecule has 0 amide bonds. The first-order valence-corrected chi connectivity index (χ1v) is 7.34. The zero-order valence-corrected chi connectivity index (χ0v) is 12.0. The summed E-state index contributed by atoms with van der Waals surface area (Å²) in [6, 6.07) is 8.57. The van der Waals surface area contributed by atoms with Crippen LogP contribution in [0.15, 0.2) is 29.6 Å². The number of rotatable bonds is 2. The molecular formula is C15H18N2OS. The molecule has 2 aromatic rings. The molecule has 0 radical (unpaired) electrons. The zero-order valence-electron chi connectivity index (χ0n) is 11.2. The van der Waals surface area contributed by atoms with Gasteiger partial charge in [-0.25, -0.2) is 0 Å². The highest BCUT2D eigenvalue weighted by Gasteiger charge is 2.25. The Kier molecular flexibility index (Phi) is 3.11. The Morgan fingerprint density at radius 3 is 3.00 bits per heavy atom. The van der Waals surface area contributed by atoms with Crippen LogP contribution in [0, 0.1) is 0 Å². The van der Waals surface area contributed by atoms with Crippen molar-refractivity contribution in [3.63, 3.8) is 0 Å². The fourth-order valence-electron chi connectivity index (χ4n) is 2.75. The molecule has 0 bridgehead atoms. The van der Waals surface area contributed by atoms with Gasteiger partial charge in [0.25, 0.3) is 0 Å². The third kappa shape index (κ3) is 2.16. The van der Waals surface area contributed by atoms with Gasteiger partial charge in [-0.2, -0.15) is 0 Å². The summed E-state index contributed by atoms with van der Waals surface area (Å²) in [5.74, 6) is 0.818. The van der Waals surface area contributed by atoms with Crippen molar-refractivity contribution < 1.29 is 4.74 Å². The van der Waals surface area contributed by atoms with Gasteiger partial charge in [0.05, 0.1) is 13.2 Å². The van der Waals surface area contributed by atoms with Crippen LogP contribution in [0.4, 0.5) is 11.4 Å². The lowest BCUT2D eigenvalue weighted by molar-refractivity contribution is 0.415. The highest BCUT2D eigenvalue weighted by molar-refractivity contribution is 7.10. The molecule has 1 atom stereocenters. The molecule has 4 heteroatoms. The number of hydrogen-bond acceptors (Lipinski definition) is 4. The molecule has 0 saturated heterocycles. The van der Waals surface area contributed by atoms with E-state index in [-0.39, 0.29) is 0 Å². The number of nitrogens with zero attached hydrogens (tertiary/aromatic N) is 1. The molecule has 0 saturated carbocycles. The summed E-state index contributed by atoms with van der Waals surface area (Å²) in [4.78, 5) is 3.91. The van der Waals surface area contributed by atoms with E-state index in [0.29, 0.717) is 6.04 Å². The topological polar surface area (TPSA) is 38.5 Å². The molecule has 1 unspecified atom stereocenters. The molecule has 0 aliphatic carbocycles. The maximum Gasteiger partial charge on any atom is 0.122 e. The summed E-state index contributed by atoms with van der Waals surface area (Å²) in [5, 5.41) is 2.19. The van der Waals surface area contributed by atoms with E-state index in [4.69, 9.17) is 10.5 Å². The minimum Gasteiger partial charge on any atom is -0.497 e. The Labute approximate surface area is 117 Å². The van der Waals surface area contributed by atoms with Crippen LogP contribution in [-0.2, 0) is 6.42 Å². The number of fused-ring (bicyclic) bond motifs is 1. The van der Waals surface area contributed by atoms with Gasteiger partial charge in [-0.15, -0.1) is 11.3 Å². The van der Waals surface area contributed by atoms with E-state index < -0.39 is 0 Å². The van der Waals surface area contributed by atoms with Crippen molar-refractivity contribution in [2.75, 3.05) is 24.3 Å². The van der Waals surface area contributed by atoms with Gasteiger partial charge in [-0.3, -0.25) is 0 Å². The van der Waals surface area contributed by atoms with E-state index in [1.807, 2.05) is 23.5 Å². The smallest absolute Gasteiger partial charge is 0.122 e. The van der Waals surface area contributed by atoms with Crippen LogP contribution in [0.1, 0.15) is 23.4 Å². The summed E-state index contributed by atoms with van der Waals surface area (Å²) < 4.78 is 5.31. The summed E-state index contributed by atoms with van der Waals surface area (Å²) in [6.45, 7) is 3.28. The second kappa shape index (κ2) is 4.78. The minimum atomic E-state index is 0.390. The average molecular weight is 274 g/mol. The number of anilines is 2. The Hall–Kier alpha value is -1.68. The van der Waals surface area contributed by atoms with Gasteiger partial charge in [0, 0.05) is 34.9 Å². The molecule has 100 valence electrons. The lowest BCUT2D eigenvalue weighted by Crippen LogP contribution is -2.33. The number of benzene rings is 1. The third-order valence-electron chi connectivity index (χ3n) is 3.76. The van der Waals surface area contributed by atoms with Crippen LogP contribution in [-0.4, -0.2) is 13.7 Å². The molecule has 3 rings (SSSR count). The van der Waals surface area contributed by atoms with Crippen molar-refractivity contribution >= 4 is 22.7 Å². The Bertz CT molecular complexity index is 594. The summed E-state index contributed by atoms with van der Waals surface area (Å²) in [5.41, 5.74) is 9.29. The number of ether oxygens (including phenoxy) is 1. The molecule has 19 heavy (non-hydrogen) atoms. The predicted octanol–water partition coefficient (Wildman–Crippen LogP) is 3.46. The molecule has 1 aliphatic rings. The quantitative estimate of drug-likeness (QED) is 0.852. The second-order valence-corrected chi connectivity index (χ2v) is 5.88. The number of nitrogens with two attached hydrogens (primary N) is 1. The van der Waals surface area contributed by atoms with Crippen molar-refractivity contribution in [3.8, 4) is 5.75 Å². The van der Waals surface area contributed by atoms with Crippen LogP contribution in [0.2, 0.25) is 0 Å². The number of methoxy groups -OCH3 is 1. The maximum absolute atomic E-state index is 5.96. The van der Waals surface area contributed by atoms with Gasteiger partial charge < -0.3 is 15.4 Å². The molecule has 2 heterocycles. The van der Waals surface area contributed by atoms with Gasteiger partial charge in [0.2, 0.25) is 0 Å². The average Bonchev–Trinajstić information content (AvgIpc) is 2.87. The molecule has 0 spiro atoms. The number of nitrogen functional groups attached to an aromatic ring is 1. The molecule has 1 aromatic carbocycles. The predicted molar refractivity (Wildman–Crippen MR) is 81.2 cm³/mol. The summed E-state index contributed by atoms with van der Waals surface area (Å²) >= 11 is 1.86. The monoisotopic (exact) mass is 274 g/mol. The first kappa shape index (κ1) is 12.4. The van der Waals surface area contributed by atoms with Crippen LogP contribution in [0.3, 0.4) is 0 Å². The van der Waals surface area contributed by atoms with Crippen LogP contribution in [0.25, 0.3) is 0 Å². The second-order valence-electron chi connectivity index (χ2n) is 4.88. The lowest BCUT2D eigenvalue weighted by Gasteiger charge is -2.35. The lowest BCUT2D eigenvalue weighted by atomic mass is 10.0. The maximum atomic E-state index is 5.96. The van der Waals surface area contributed by atoms with Gasteiger partial charge in [-0.05, 0) is 36.4 Å². The third-order valence-corrected chi connectivity index (χ3v) is 4.75. The number of thiophene rings is 1. The minimum absolute atomic E-state index is 0.390. The van der Waals surface area contributed by atoms with E-state index >= 15 is 0 Å². The van der Waals surface area contributed by atoms with E-state index in [1.165, 1.54) is 10.4 Å². The van der Waals surface area contributed by atoms with Gasteiger partial charge in [0.15, 0.2) is 0 Å². The van der Waals surface area contributed by atoms with Crippen LogP contribution >= 0.6 is 11.3 Å². The van der Waals surface area contributed by atoms with Crippen molar-refractivity contribution in [3.05, 3.63) is 40.1 Å². The zero-order chi connectivity index (χ0) is 13.4. The summed E-state index contributed by atoms with van der Waals surface area (Å²) in [6.07, 6.45) is 1.11. The van der Waals surface area contributed by atoms with Crippen molar-refractivity contribution in [1.82, 2.24) is 0 Å². The summed E-state index contributed by atoms with van der Waals surface area (Å²) in [7, 11) is 1.68. The standard InChI is InChI=1S/C15H18N2OS/c1-10-14-4-6-19-15(14)3-5-17(10)12-7-11(16)8-13(9-12)18-2/h4,6-10H,3,5,16H2,1-2H3. The van der Waals surface area contributed by atoms with E-state index in [2.05, 4.69) is 29.3 Å². The number of hydrogen-bond donors (Lipinski definition) is 1. The largest absolute Gasteiger partial charge is 0.497 e. The first-order chi connectivity index (χ1) is 9.19. The Morgan fingerprint density at radius 2 is 2.21 bits per heavy atom. The fraction of sp³-hybridized carbons (Fsp3) is 0.333. The van der Waals surface area contributed by atoms with E-state index in [9.17, 15) is 0 Å². The van der Waals surface area contributed by atoms with Crippen molar-refractivity contribution in [1.29, 1.82) is 0 Å². The Balaban J connectivity index is 1.97. The van der Waals surface area contributed by atoms with Crippen molar-refractivity contribution in [2.24, 2.45) is 0 Å². The first-order valence-electron chi connectivity index (χ1n) is 6.46. The van der Waals surface area contributed by atoms with E-state index in [0.717, 1.165) is 30.1 Å². The van der Waals surface area contributed by atoms with Crippen LogP contribution in [0.5, 0.6) is 5.75 Å². The molecular weight excluding hydrogens is 256 g/mol. The SMILES string of the molecule is COc1cc(N)cc(N2CCc3sccc3C2C)c1. The van der Waals surface area contributed by atoms with Gasteiger partial charge in [-0.1, -0.05) is 0 Å². The molecule has 1 aliphatic heterocycles. The fourth-order valence-corrected chi connectivity index (χ4v) is 3.71. The molecule has 1 aromatic heterocycles. The highest BCUT2D eigenvalue weighted by atomic mass is 32.1. The normalized spacial score (nSPS) is 18.2. The molecule has 3 nitrogen and oxygen atoms in total. The highest BCUT2D eigenvalue weighted by Crippen LogP contribution is 2.37. The van der Waals surface area contributed by atoms with Crippen LogP contribution < -0.4 is 15.4 Å². The molecule has 2 N–H and O–H groups in total. The Morgan fingerprint density at radius 1 is 1.37 bits per heavy atom. The van der Waals surface area contributed by atoms with E-state index in [1.54, 1.807) is 7.11 Å². The molecule has 0 fully saturated rings. The van der Waals surface area contributed by atoms with Crippen molar-refractivity contribution in [2.45, 2.75) is 19.4 Å².